The molecule has 0 aliphatic carbocycles. The van der Waals surface area contributed by atoms with E-state index >= 15 is 0 Å². The zero-order valence-electron chi connectivity index (χ0n) is 12.4. The lowest BCUT2D eigenvalue weighted by atomic mass is 10.0. The molecule has 0 bridgehead atoms. The van der Waals surface area contributed by atoms with Crippen LogP contribution in [0.3, 0.4) is 0 Å². The number of aliphatic hydroxyl groups is 1. The van der Waals surface area contributed by atoms with Gasteiger partial charge in [-0.05, 0) is 24.5 Å². The molecule has 2 atom stereocenters. The maximum atomic E-state index is 13.7. The Bertz CT molecular complexity index is 496. The molecule has 2 heterocycles. The first-order chi connectivity index (χ1) is 9.97. The lowest BCUT2D eigenvalue weighted by molar-refractivity contribution is -0.124. The van der Waals surface area contributed by atoms with Crippen LogP contribution in [0, 0.1) is 11.7 Å². The number of nitrogens with one attached hydrogen (secondary N) is 1. The number of aromatic nitrogens is 1. The summed E-state index contributed by atoms with van der Waals surface area (Å²) < 4.78 is 13.7. The van der Waals surface area contributed by atoms with Crippen molar-refractivity contribution in [1.29, 1.82) is 0 Å². The monoisotopic (exact) mass is 295 g/mol. The number of amides is 1. The van der Waals surface area contributed by atoms with Crippen LogP contribution in [-0.4, -0.2) is 41.2 Å². The second-order valence-corrected chi connectivity index (χ2v) is 5.82. The predicted molar refractivity (Wildman–Crippen MR) is 78.4 cm³/mol. The molecule has 0 saturated carbocycles. The van der Waals surface area contributed by atoms with Crippen molar-refractivity contribution in [1.82, 2.24) is 10.3 Å². The van der Waals surface area contributed by atoms with Gasteiger partial charge in [-0.1, -0.05) is 13.8 Å². The van der Waals surface area contributed by atoms with Crippen LogP contribution in [0.1, 0.15) is 26.7 Å². The third-order valence-electron chi connectivity index (χ3n) is 3.76. The molecule has 1 saturated heterocycles. The number of anilines is 1. The zero-order valence-corrected chi connectivity index (χ0v) is 12.4. The minimum absolute atomic E-state index is 0.0294. The summed E-state index contributed by atoms with van der Waals surface area (Å²) in [5.41, 5.74) is 0. The third kappa shape index (κ3) is 4.14. The van der Waals surface area contributed by atoms with Crippen LogP contribution in [0.25, 0.3) is 0 Å². The Morgan fingerprint density at radius 2 is 2.38 bits per heavy atom. The van der Waals surface area contributed by atoms with Gasteiger partial charge >= 0.3 is 0 Å². The van der Waals surface area contributed by atoms with Gasteiger partial charge in [-0.3, -0.25) is 4.79 Å². The lowest BCUT2D eigenvalue weighted by Gasteiger charge is -2.19. The molecule has 2 unspecified atom stereocenters. The minimum atomic E-state index is -0.629. The van der Waals surface area contributed by atoms with Crippen LogP contribution in [0.4, 0.5) is 10.2 Å². The van der Waals surface area contributed by atoms with E-state index in [1.54, 1.807) is 12.3 Å². The van der Waals surface area contributed by atoms with Crippen molar-refractivity contribution >= 4 is 11.7 Å². The van der Waals surface area contributed by atoms with Crippen molar-refractivity contribution in [3.05, 3.63) is 24.1 Å². The first kappa shape index (κ1) is 15.7. The maximum Gasteiger partial charge on any atom is 0.222 e. The van der Waals surface area contributed by atoms with Gasteiger partial charge in [-0.15, -0.1) is 0 Å². The summed E-state index contributed by atoms with van der Waals surface area (Å²) in [5.74, 6) is -0.126. The Kier molecular flexibility index (Phi) is 5.12. The number of nitrogens with zero attached hydrogens (tertiary/aromatic N) is 2. The summed E-state index contributed by atoms with van der Waals surface area (Å²) in [6.45, 7) is 4.95. The molecule has 1 fully saturated rings. The van der Waals surface area contributed by atoms with Crippen molar-refractivity contribution in [3.63, 3.8) is 0 Å². The van der Waals surface area contributed by atoms with Crippen molar-refractivity contribution < 1.29 is 14.3 Å². The van der Waals surface area contributed by atoms with Gasteiger partial charge < -0.3 is 15.3 Å². The van der Waals surface area contributed by atoms with E-state index in [1.165, 1.54) is 6.07 Å². The van der Waals surface area contributed by atoms with Crippen LogP contribution >= 0.6 is 0 Å². The van der Waals surface area contributed by atoms with E-state index in [1.807, 2.05) is 18.7 Å². The fourth-order valence-corrected chi connectivity index (χ4v) is 2.39. The lowest BCUT2D eigenvalue weighted by Crippen LogP contribution is -2.39. The van der Waals surface area contributed by atoms with Crippen LogP contribution < -0.4 is 10.2 Å². The van der Waals surface area contributed by atoms with E-state index in [0.717, 1.165) is 6.42 Å². The van der Waals surface area contributed by atoms with Gasteiger partial charge in [0.25, 0.3) is 0 Å². The molecule has 1 amide bonds. The Labute approximate surface area is 124 Å². The number of hydrogen-bond acceptors (Lipinski definition) is 4. The van der Waals surface area contributed by atoms with Gasteiger partial charge in [0, 0.05) is 25.3 Å². The number of aliphatic hydroxyl groups excluding tert-OH is 1. The number of carbonyl (C=O) groups excluding carboxylic acids is 1. The quantitative estimate of drug-likeness (QED) is 0.860. The molecule has 2 N–H and O–H groups in total. The highest BCUT2D eigenvalue weighted by Gasteiger charge is 2.27. The SMILES string of the molecule is CC(C)C(O)CC(=O)NC1CCN(c2ncccc2F)C1. The molecule has 1 aliphatic rings. The molecule has 0 spiro atoms. The third-order valence-corrected chi connectivity index (χ3v) is 3.76. The largest absolute Gasteiger partial charge is 0.392 e. The fourth-order valence-electron chi connectivity index (χ4n) is 2.39. The molecule has 116 valence electrons. The van der Waals surface area contributed by atoms with E-state index in [9.17, 15) is 14.3 Å². The van der Waals surface area contributed by atoms with Crippen LogP contribution in [-0.2, 0) is 4.79 Å². The van der Waals surface area contributed by atoms with Crippen molar-refractivity contribution in [2.45, 2.75) is 38.8 Å². The van der Waals surface area contributed by atoms with Crippen LogP contribution in [0.2, 0.25) is 0 Å². The summed E-state index contributed by atoms with van der Waals surface area (Å²) in [4.78, 5) is 17.7. The van der Waals surface area contributed by atoms with Gasteiger partial charge in [-0.2, -0.15) is 0 Å². The van der Waals surface area contributed by atoms with Gasteiger partial charge in [-0.25, -0.2) is 9.37 Å². The molecule has 1 aromatic rings. The van der Waals surface area contributed by atoms with Crippen molar-refractivity contribution in [2.24, 2.45) is 5.92 Å². The number of halogens is 1. The normalized spacial score (nSPS) is 19.9. The molecular formula is C15H22FN3O2. The summed E-state index contributed by atoms with van der Waals surface area (Å²) in [6.07, 6.45) is 1.78. The Morgan fingerprint density at radius 3 is 3.05 bits per heavy atom. The second-order valence-electron chi connectivity index (χ2n) is 5.82. The molecule has 2 rings (SSSR count). The Morgan fingerprint density at radius 1 is 1.62 bits per heavy atom. The standard InChI is InChI=1S/C15H22FN3O2/c1-10(2)13(20)8-14(21)18-11-5-7-19(9-11)15-12(16)4-3-6-17-15/h3-4,6,10-11,13,20H,5,7-9H2,1-2H3,(H,18,21). The highest BCUT2D eigenvalue weighted by molar-refractivity contribution is 5.77. The highest BCUT2D eigenvalue weighted by atomic mass is 19.1. The molecule has 5 nitrogen and oxygen atoms in total. The van der Waals surface area contributed by atoms with Crippen LogP contribution in [0.5, 0.6) is 0 Å². The van der Waals surface area contributed by atoms with Crippen molar-refractivity contribution in [2.75, 3.05) is 18.0 Å². The molecule has 1 aromatic heterocycles. The molecule has 0 radical (unpaired) electrons. The number of hydrogen-bond donors (Lipinski definition) is 2. The van der Waals surface area contributed by atoms with Gasteiger partial charge in [0.15, 0.2) is 11.6 Å². The van der Waals surface area contributed by atoms with E-state index < -0.39 is 6.10 Å². The van der Waals surface area contributed by atoms with E-state index in [0.29, 0.717) is 18.9 Å². The van der Waals surface area contributed by atoms with E-state index in [4.69, 9.17) is 0 Å². The number of carbonyl (C=O) groups is 1. The van der Waals surface area contributed by atoms with Crippen molar-refractivity contribution in [3.8, 4) is 0 Å². The highest BCUT2D eigenvalue weighted by Crippen LogP contribution is 2.20. The van der Waals surface area contributed by atoms with Gasteiger partial charge in [0.1, 0.15) is 0 Å². The fraction of sp³-hybridized carbons (Fsp3) is 0.600. The molecule has 0 aromatic carbocycles. The minimum Gasteiger partial charge on any atom is -0.392 e. The second kappa shape index (κ2) is 6.85. The van der Waals surface area contributed by atoms with E-state index in [-0.39, 0.29) is 30.1 Å². The molecular weight excluding hydrogens is 273 g/mol. The number of pyridine rings is 1. The molecule has 6 heteroatoms. The Balaban J connectivity index is 1.86. The van der Waals surface area contributed by atoms with Crippen LogP contribution in [0.15, 0.2) is 18.3 Å². The molecule has 1 aliphatic heterocycles. The van der Waals surface area contributed by atoms with Gasteiger partial charge in [0.2, 0.25) is 5.91 Å². The summed E-state index contributed by atoms with van der Waals surface area (Å²) >= 11 is 0. The molecule has 21 heavy (non-hydrogen) atoms. The average molecular weight is 295 g/mol. The topological polar surface area (TPSA) is 65.5 Å². The summed E-state index contributed by atoms with van der Waals surface area (Å²) in [6, 6.07) is 2.91. The Hall–Kier alpha value is -1.69. The first-order valence-corrected chi connectivity index (χ1v) is 7.30. The number of rotatable bonds is 5. The average Bonchev–Trinajstić information content (AvgIpc) is 2.87. The maximum absolute atomic E-state index is 13.7. The summed E-state index contributed by atoms with van der Waals surface area (Å²) in [5, 5.41) is 12.6. The predicted octanol–water partition coefficient (Wildman–Crippen LogP) is 1.32. The van der Waals surface area contributed by atoms with E-state index in [2.05, 4.69) is 10.3 Å². The summed E-state index contributed by atoms with van der Waals surface area (Å²) in [7, 11) is 0. The zero-order chi connectivity index (χ0) is 15.4. The first-order valence-electron chi connectivity index (χ1n) is 7.30. The smallest absolute Gasteiger partial charge is 0.222 e. The van der Waals surface area contributed by atoms with Gasteiger partial charge in [0.05, 0.1) is 12.5 Å².